The van der Waals surface area contributed by atoms with Crippen LogP contribution in [0.2, 0.25) is 0 Å². The Morgan fingerprint density at radius 1 is 1.22 bits per heavy atom. The minimum atomic E-state index is -1.54. The number of carbonyl (C=O) groups is 2. The predicted octanol–water partition coefficient (Wildman–Crippen LogP) is 4.23. The highest BCUT2D eigenvalue weighted by molar-refractivity contribution is 5.98. The van der Waals surface area contributed by atoms with E-state index >= 15 is 0 Å². The van der Waals surface area contributed by atoms with E-state index in [4.69, 9.17) is 16.0 Å². The first-order chi connectivity index (χ1) is 15.3. The molecule has 0 spiro atoms. The second-order valence-corrected chi connectivity index (χ2v) is 6.94. The van der Waals surface area contributed by atoms with Gasteiger partial charge in [0.1, 0.15) is 6.61 Å². The quantitative estimate of drug-likeness (QED) is 0.175. The molecule has 11 heteroatoms. The molecule has 0 fully saturated rings. The molecule has 0 unspecified atom stereocenters. The van der Waals surface area contributed by atoms with Crippen molar-refractivity contribution in [2.24, 2.45) is 10.8 Å². The summed E-state index contributed by atoms with van der Waals surface area (Å²) >= 11 is 0. The number of azide groups is 1. The second kappa shape index (κ2) is 11.7. The Kier molecular flexibility index (Phi) is 9.06. The molecule has 0 bridgehead atoms. The molecule has 3 N–H and O–H groups in total. The Labute approximate surface area is 182 Å². The Hall–Kier alpha value is -3.56. The number of carbonyl (C=O) groups excluding carboxylic acids is 2. The van der Waals surface area contributed by atoms with Crippen molar-refractivity contribution in [3.05, 3.63) is 69.4 Å². The number of amides is 1. The minimum absolute atomic E-state index is 0.144. The predicted molar refractivity (Wildman–Crippen MR) is 111 cm³/mol. The van der Waals surface area contributed by atoms with Gasteiger partial charge in [0.15, 0.2) is 23.2 Å². The van der Waals surface area contributed by atoms with Crippen molar-refractivity contribution in [2.75, 3.05) is 13.2 Å². The third-order valence-corrected chi connectivity index (χ3v) is 4.57. The first kappa shape index (κ1) is 24.7. The molecule has 1 amide bonds. The molecule has 0 aliphatic heterocycles. The molecule has 0 aliphatic rings. The zero-order chi connectivity index (χ0) is 23.7. The summed E-state index contributed by atoms with van der Waals surface area (Å²) in [6.45, 7) is 0.814. The first-order valence-corrected chi connectivity index (χ1v) is 9.74. The normalized spacial score (nSPS) is 11.4. The molecule has 170 valence electrons. The van der Waals surface area contributed by atoms with Gasteiger partial charge >= 0.3 is 0 Å². The van der Waals surface area contributed by atoms with Gasteiger partial charge in [0.05, 0.1) is 6.04 Å². The van der Waals surface area contributed by atoms with E-state index in [2.05, 4.69) is 15.3 Å². The lowest BCUT2D eigenvalue weighted by atomic mass is 10.0. The van der Waals surface area contributed by atoms with Gasteiger partial charge in [-0.2, -0.15) is 4.39 Å². The maximum Gasteiger partial charge on any atom is 0.251 e. The van der Waals surface area contributed by atoms with Gasteiger partial charge in [-0.25, -0.2) is 8.78 Å². The monoisotopic (exact) mass is 449 g/mol. The van der Waals surface area contributed by atoms with Crippen LogP contribution in [0.5, 0.6) is 5.75 Å². The summed E-state index contributed by atoms with van der Waals surface area (Å²) in [5.74, 6) is -6.24. The maximum atomic E-state index is 14.1. The van der Waals surface area contributed by atoms with Crippen molar-refractivity contribution in [3.63, 3.8) is 0 Å². The molecule has 0 aromatic heterocycles. The SMILES string of the molecule is Cc1cc(F)c(F)c(OCC(=O)[C@H](CCCCN)NC(=O)c2cccc(N=[N+]=[N-])c2)c1F. The molecule has 0 radical (unpaired) electrons. The molecular weight excluding hydrogens is 427 g/mol. The molecule has 0 aliphatic carbocycles. The van der Waals surface area contributed by atoms with Crippen molar-refractivity contribution in [2.45, 2.75) is 32.2 Å². The molecule has 0 heterocycles. The van der Waals surface area contributed by atoms with Crippen LogP contribution >= 0.6 is 0 Å². The number of rotatable bonds is 11. The van der Waals surface area contributed by atoms with Crippen LogP contribution in [0.25, 0.3) is 10.4 Å². The van der Waals surface area contributed by atoms with Gasteiger partial charge < -0.3 is 15.8 Å². The number of nitrogens with two attached hydrogens (primary N) is 1. The van der Waals surface area contributed by atoms with Crippen LogP contribution in [0.15, 0.2) is 35.4 Å². The summed E-state index contributed by atoms with van der Waals surface area (Å²) < 4.78 is 46.5. The zero-order valence-corrected chi connectivity index (χ0v) is 17.3. The van der Waals surface area contributed by atoms with Crippen LogP contribution < -0.4 is 15.8 Å². The smallest absolute Gasteiger partial charge is 0.251 e. The fraction of sp³-hybridized carbons (Fsp3) is 0.333. The van der Waals surface area contributed by atoms with E-state index < -0.39 is 47.5 Å². The van der Waals surface area contributed by atoms with Crippen LogP contribution in [0, 0.1) is 24.4 Å². The number of nitrogens with zero attached hydrogens (tertiary/aromatic N) is 3. The Bertz CT molecular complexity index is 1020. The van der Waals surface area contributed by atoms with Crippen molar-refractivity contribution >= 4 is 17.4 Å². The first-order valence-electron chi connectivity index (χ1n) is 9.74. The fourth-order valence-electron chi connectivity index (χ4n) is 2.88. The molecule has 2 aromatic carbocycles. The van der Waals surface area contributed by atoms with Gasteiger partial charge in [0.2, 0.25) is 5.82 Å². The van der Waals surface area contributed by atoms with Gasteiger partial charge in [0.25, 0.3) is 5.91 Å². The number of Topliss-reactive ketones (excluding diaryl/α,β-unsaturated/α-hetero) is 1. The lowest BCUT2D eigenvalue weighted by Gasteiger charge is -2.19. The summed E-state index contributed by atoms with van der Waals surface area (Å²) in [5.41, 5.74) is 14.2. The molecule has 1 atom stereocenters. The second-order valence-electron chi connectivity index (χ2n) is 6.94. The van der Waals surface area contributed by atoms with Crippen LogP contribution in [0.1, 0.15) is 35.2 Å². The van der Waals surface area contributed by atoms with Gasteiger partial charge in [-0.15, -0.1) is 0 Å². The molecule has 2 aromatic rings. The Balaban J connectivity index is 2.16. The average molecular weight is 449 g/mol. The summed E-state index contributed by atoms with van der Waals surface area (Å²) in [4.78, 5) is 27.9. The van der Waals surface area contributed by atoms with Gasteiger partial charge in [-0.3, -0.25) is 9.59 Å². The maximum absolute atomic E-state index is 14.1. The molecule has 0 saturated heterocycles. The summed E-state index contributed by atoms with van der Waals surface area (Å²) in [6.07, 6.45) is 1.28. The Morgan fingerprint density at radius 3 is 2.66 bits per heavy atom. The lowest BCUT2D eigenvalue weighted by molar-refractivity contribution is -0.123. The van der Waals surface area contributed by atoms with Crippen molar-refractivity contribution < 1.29 is 27.5 Å². The van der Waals surface area contributed by atoms with Crippen LogP contribution in [0.4, 0.5) is 18.9 Å². The molecule has 2 rings (SSSR count). The number of aryl methyl sites for hydroxylation is 1. The highest BCUT2D eigenvalue weighted by Gasteiger charge is 2.24. The minimum Gasteiger partial charge on any atom is -0.480 e. The number of hydrogen-bond donors (Lipinski definition) is 2. The highest BCUT2D eigenvalue weighted by Crippen LogP contribution is 2.27. The summed E-state index contributed by atoms with van der Waals surface area (Å²) in [6, 6.07) is 5.44. The number of hydrogen-bond acceptors (Lipinski definition) is 5. The number of ketones is 1. The van der Waals surface area contributed by atoms with E-state index in [9.17, 15) is 22.8 Å². The van der Waals surface area contributed by atoms with E-state index in [0.717, 1.165) is 0 Å². The van der Waals surface area contributed by atoms with Crippen LogP contribution in [0.3, 0.4) is 0 Å². The van der Waals surface area contributed by atoms with Gasteiger partial charge in [0, 0.05) is 16.2 Å². The Morgan fingerprint density at radius 2 is 1.97 bits per heavy atom. The number of unbranched alkanes of at least 4 members (excludes halogenated alkanes) is 1. The van der Waals surface area contributed by atoms with Crippen LogP contribution in [-0.4, -0.2) is 30.9 Å². The number of halogens is 3. The van der Waals surface area contributed by atoms with Crippen molar-refractivity contribution in [1.82, 2.24) is 5.32 Å². The van der Waals surface area contributed by atoms with Gasteiger partial charge in [-0.05, 0) is 62.0 Å². The largest absolute Gasteiger partial charge is 0.480 e. The van der Waals surface area contributed by atoms with E-state index in [1.165, 1.54) is 31.2 Å². The van der Waals surface area contributed by atoms with Crippen LogP contribution in [-0.2, 0) is 4.79 Å². The van der Waals surface area contributed by atoms with Gasteiger partial charge in [-0.1, -0.05) is 17.2 Å². The number of ether oxygens (including phenoxy) is 1. The van der Waals surface area contributed by atoms with Crippen molar-refractivity contribution in [3.8, 4) is 5.75 Å². The zero-order valence-electron chi connectivity index (χ0n) is 17.3. The third-order valence-electron chi connectivity index (χ3n) is 4.57. The standard InChI is InChI=1S/C21H22F3N5O3/c1-12-9-15(22)19(24)20(18(12)23)32-11-17(30)16(7-2-3-8-25)27-21(31)13-5-4-6-14(10-13)28-29-26/h4-6,9-10,16H,2-3,7-8,11,25H2,1H3,(H,27,31)/t16-/m0/s1. The molecular formula is C21H22F3N5O3. The van der Waals surface area contributed by atoms with E-state index in [0.29, 0.717) is 25.5 Å². The molecule has 32 heavy (non-hydrogen) atoms. The number of benzene rings is 2. The van der Waals surface area contributed by atoms with E-state index in [1.807, 2.05) is 0 Å². The fourth-order valence-corrected chi connectivity index (χ4v) is 2.88. The third kappa shape index (κ3) is 6.47. The molecule has 8 nitrogen and oxygen atoms in total. The lowest BCUT2D eigenvalue weighted by Crippen LogP contribution is -2.43. The summed E-state index contributed by atoms with van der Waals surface area (Å²) in [7, 11) is 0. The summed E-state index contributed by atoms with van der Waals surface area (Å²) in [5, 5.41) is 5.96. The highest BCUT2D eigenvalue weighted by atomic mass is 19.2. The van der Waals surface area contributed by atoms with Crippen molar-refractivity contribution in [1.29, 1.82) is 0 Å². The average Bonchev–Trinajstić information content (AvgIpc) is 2.77. The van der Waals surface area contributed by atoms with E-state index in [-0.39, 0.29) is 23.2 Å². The molecule has 0 saturated carbocycles. The number of nitrogens with one attached hydrogen (secondary N) is 1. The van der Waals surface area contributed by atoms with E-state index in [1.54, 1.807) is 0 Å². The topological polar surface area (TPSA) is 130 Å².